The minimum Gasteiger partial charge on any atom is -0.395 e. The summed E-state index contributed by atoms with van der Waals surface area (Å²) in [6, 6.07) is 11.5. The Morgan fingerprint density at radius 1 is 1.42 bits per heavy atom. The molecule has 19 heavy (non-hydrogen) atoms. The topological polar surface area (TPSA) is 75.4 Å². The van der Waals surface area contributed by atoms with Crippen LogP contribution in [0.25, 0.3) is 0 Å². The van der Waals surface area contributed by atoms with Crippen molar-refractivity contribution in [2.45, 2.75) is 12.8 Å². The van der Waals surface area contributed by atoms with Crippen LogP contribution in [-0.4, -0.2) is 29.3 Å². The van der Waals surface area contributed by atoms with Gasteiger partial charge in [0.25, 0.3) is 5.91 Å². The van der Waals surface area contributed by atoms with Gasteiger partial charge in [-0.15, -0.1) is 0 Å². The van der Waals surface area contributed by atoms with Gasteiger partial charge in [0.2, 0.25) is 5.76 Å². The number of rotatable bonds is 5. The first-order valence-corrected chi connectivity index (χ1v) is 6.13. The molecule has 0 aliphatic carbocycles. The molecular weight excluding hydrogens is 244 g/mol. The molecule has 5 heteroatoms. The molecule has 0 saturated heterocycles. The normalized spacial score (nSPS) is 12.1. The van der Waals surface area contributed by atoms with Gasteiger partial charge in [-0.05, 0) is 5.56 Å². The van der Waals surface area contributed by atoms with Crippen LogP contribution in [0.4, 0.5) is 0 Å². The molecule has 1 unspecified atom stereocenters. The van der Waals surface area contributed by atoms with Gasteiger partial charge in [-0.1, -0.05) is 42.4 Å². The van der Waals surface area contributed by atoms with Gasteiger partial charge in [0.1, 0.15) is 0 Å². The van der Waals surface area contributed by atoms with Crippen molar-refractivity contribution in [1.29, 1.82) is 0 Å². The lowest BCUT2D eigenvalue weighted by Gasteiger charge is -2.06. The third-order valence-electron chi connectivity index (χ3n) is 2.89. The van der Waals surface area contributed by atoms with Gasteiger partial charge in [-0.3, -0.25) is 4.79 Å². The summed E-state index contributed by atoms with van der Waals surface area (Å²) in [5.74, 6) is -0.149. The maximum absolute atomic E-state index is 11.6. The summed E-state index contributed by atoms with van der Waals surface area (Å²) in [6.45, 7) is 2.10. The minimum atomic E-state index is -0.368. The Kier molecular flexibility index (Phi) is 4.30. The molecule has 0 spiro atoms. The zero-order valence-electron chi connectivity index (χ0n) is 10.7. The Morgan fingerprint density at radius 2 is 2.16 bits per heavy atom. The number of hydrogen-bond donors (Lipinski definition) is 2. The molecular formula is C14H16N2O3. The van der Waals surface area contributed by atoms with E-state index in [2.05, 4.69) is 10.5 Å². The van der Waals surface area contributed by atoms with Crippen molar-refractivity contribution in [3.05, 3.63) is 53.4 Å². The first-order chi connectivity index (χ1) is 9.22. The van der Waals surface area contributed by atoms with Crippen molar-refractivity contribution in [3.8, 4) is 0 Å². The van der Waals surface area contributed by atoms with Crippen LogP contribution in [0.1, 0.15) is 34.7 Å². The molecule has 2 aromatic rings. The average molecular weight is 260 g/mol. The van der Waals surface area contributed by atoms with Crippen LogP contribution in [0.2, 0.25) is 0 Å². The summed E-state index contributed by atoms with van der Waals surface area (Å²) >= 11 is 0. The van der Waals surface area contributed by atoms with Crippen LogP contribution >= 0.6 is 0 Å². The summed E-state index contributed by atoms with van der Waals surface area (Å²) < 4.78 is 5.02. The Hall–Kier alpha value is -2.14. The van der Waals surface area contributed by atoms with E-state index in [0.29, 0.717) is 5.69 Å². The van der Waals surface area contributed by atoms with E-state index in [1.165, 1.54) is 0 Å². The maximum Gasteiger partial charge on any atom is 0.289 e. The predicted molar refractivity (Wildman–Crippen MR) is 69.9 cm³/mol. The molecule has 1 heterocycles. The molecule has 0 saturated carbocycles. The van der Waals surface area contributed by atoms with Gasteiger partial charge >= 0.3 is 0 Å². The molecule has 1 aromatic heterocycles. The number of nitrogens with zero attached hydrogens (tertiary/aromatic N) is 1. The molecule has 1 amide bonds. The number of carbonyl (C=O) groups excluding carboxylic acids is 1. The maximum atomic E-state index is 11.6. The van der Waals surface area contributed by atoms with E-state index in [9.17, 15) is 4.79 Å². The molecule has 5 nitrogen and oxygen atoms in total. The highest BCUT2D eigenvalue weighted by Crippen LogP contribution is 2.23. The molecule has 0 aliphatic rings. The van der Waals surface area contributed by atoms with Crippen molar-refractivity contribution in [2.75, 3.05) is 13.2 Å². The lowest BCUT2D eigenvalue weighted by atomic mass is 9.98. The first-order valence-electron chi connectivity index (χ1n) is 6.13. The Morgan fingerprint density at radius 3 is 2.84 bits per heavy atom. The number of aliphatic hydroxyl groups excluding tert-OH is 1. The van der Waals surface area contributed by atoms with Gasteiger partial charge in [-0.25, -0.2) is 0 Å². The summed E-state index contributed by atoms with van der Waals surface area (Å²) in [6.07, 6.45) is 0. The number of aliphatic hydroxyl groups is 1. The van der Waals surface area contributed by atoms with Gasteiger partial charge in [0.05, 0.1) is 12.3 Å². The lowest BCUT2D eigenvalue weighted by Crippen LogP contribution is -2.25. The predicted octanol–water partition coefficient (Wildman–Crippen LogP) is 1.55. The summed E-state index contributed by atoms with van der Waals surface area (Å²) in [4.78, 5) is 11.6. The van der Waals surface area contributed by atoms with Gasteiger partial charge in [-0.2, -0.15) is 0 Å². The molecule has 100 valence electrons. The summed E-state index contributed by atoms with van der Waals surface area (Å²) in [5, 5.41) is 15.1. The Bertz CT molecular complexity index is 537. The van der Waals surface area contributed by atoms with Crippen LogP contribution in [0.5, 0.6) is 0 Å². The van der Waals surface area contributed by atoms with Crippen LogP contribution in [-0.2, 0) is 0 Å². The lowest BCUT2D eigenvalue weighted by molar-refractivity contribution is 0.0908. The highest BCUT2D eigenvalue weighted by atomic mass is 16.5. The number of amides is 1. The van der Waals surface area contributed by atoms with Crippen molar-refractivity contribution in [3.63, 3.8) is 0 Å². The minimum absolute atomic E-state index is 0.0596. The van der Waals surface area contributed by atoms with E-state index in [-0.39, 0.29) is 30.7 Å². The zero-order chi connectivity index (χ0) is 13.7. The number of benzene rings is 1. The molecule has 1 aromatic carbocycles. The molecule has 2 N–H and O–H groups in total. The van der Waals surface area contributed by atoms with Gasteiger partial charge in [0, 0.05) is 18.5 Å². The Balaban J connectivity index is 2.10. The molecule has 0 fully saturated rings. The monoisotopic (exact) mass is 260 g/mol. The van der Waals surface area contributed by atoms with Crippen molar-refractivity contribution >= 4 is 5.91 Å². The SMILES string of the molecule is CC(c1ccccc1)c1cc(C(=O)NCCO)on1. The molecule has 0 bridgehead atoms. The molecule has 0 aliphatic heterocycles. The third kappa shape index (κ3) is 3.20. The van der Waals surface area contributed by atoms with E-state index in [1.807, 2.05) is 37.3 Å². The first kappa shape index (κ1) is 13.3. The summed E-state index contributed by atoms with van der Waals surface area (Å²) in [5.41, 5.74) is 1.82. The Labute approximate surface area is 111 Å². The number of carbonyl (C=O) groups is 1. The highest BCUT2D eigenvalue weighted by molar-refractivity contribution is 5.91. The second-order valence-electron chi connectivity index (χ2n) is 4.23. The highest BCUT2D eigenvalue weighted by Gasteiger charge is 2.17. The van der Waals surface area contributed by atoms with Gasteiger partial charge in [0.15, 0.2) is 0 Å². The fourth-order valence-electron chi connectivity index (χ4n) is 1.77. The number of aromatic nitrogens is 1. The zero-order valence-corrected chi connectivity index (χ0v) is 10.7. The van der Waals surface area contributed by atoms with Crippen LogP contribution in [0.15, 0.2) is 40.9 Å². The second kappa shape index (κ2) is 6.15. The molecule has 0 radical (unpaired) electrons. The van der Waals surface area contributed by atoms with Crippen molar-refractivity contribution in [2.24, 2.45) is 0 Å². The van der Waals surface area contributed by atoms with Crippen molar-refractivity contribution in [1.82, 2.24) is 10.5 Å². The number of hydrogen-bond acceptors (Lipinski definition) is 4. The third-order valence-corrected chi connectivity index (χ3v) is 2.89. The molecule has 1 atom stereocenters. The van der Waals surface area contributed by atoms with E-state index in [4.69, 9.17) is 9.63 Å². The van der Waals surface area contributed by atoms with E-state index in [1.54, 1.807) is 6.07 Å². The van der Waals surface area contributed by atoms with Crippen molar-refractivity contribution < 1.29 is 14.4 Å². The smallest absolute Gasteiger partial charge is 0.289 e. The average Bonchev–Trinajstić information content (AvgIpc) is 2.94. The standard InChI is InChI=1S/C14H16N2O3/c1-10(11-5-3-2-4-6-11)12-9-13(19-16-12)14(18)15-7-8-17/h2-6,9-10,17H,7-8H2,1H3,(H,15,18). The largest absolute Gasteiger partial charge is 0.395 e. The van der Waals surface area contributed by atoms with Crippen LogP contribution in [0.3, 0.4) is 0 Å². The van der Waals surface area contributed by atoms with Crippen LogP contribution < -0.4 is 5.32 Å². The van der Waals surface area contributed by atoms with Gasteiger partial charge < -0.3 is 14.9 Å². The summed E-state index contributed by atoms with van der Waals surface area (Å²) in [7, 11) is 0. The van der Waals surface area contributed by atoms with Crippen LogP contribution in [0, 0.1) is 0 Å². The second-order valence-corrected chi connectivity index (χ2v) is 4.23. The fraction of sp³-hybridized carbons (Fsp3) is 0.286. The number of nitrogens with one attached hydrogen (secondary N) is 1. The fourth-order valence-corrected chi connectivity index (χ4v) is 1.77. The van der Waals surface area contributed by atoms with E-state index in [0.717, 1.165) is 5.56 Å². The molecule has 2 rings (SSSR count). The van der Waals surface area contributed by atoms with E-state index < -0.39 is 0 Å². The quantitative estimate of drug-likeness (QED) is 0.855. The van der Waals surface area contributed by atoms with E-state index >= 15 is 0 Å².